The molecule has 0 saturated carbocycles. The fourth-order valence-corrected chi connectivity index (χ4v) is 2.46. The molecule has 0 amide bonds. The topological polar surface area (TPSA) is 67.8 Å². The SMILES string of the molecule is CSc1cccc(OCc2ccccc2)c1/C(N)=N/O. The van der Waals surface area contributed by atoms with E-state index in [0.29, 0.717) is 17.9 Å². The van der Waals surface area contributed by atoms with Crippen molar-refractivity contribution < 1.29 is 9.94 Å². The average molecular weight is 288 g/mol. The van der Waals surface area contributed by atoms with E-state index in [1.165, 1.54) is 11.8 Å². The van der Waals surface area contributed by atoms with Crippen molar-refractivity contribution in [2.24, 2.45) is 10.9 Å². The van der Waals surface area contributed by atoms with Crippen LogP contribution in [0.5, 0.6) is 5.75 Å². The number of hydrogen-bond acceptors (Lipinski definition) is 4. The first-order valence-corrected chi connectivity index (χ1v) is 7.30. The Balaban J connectivity index is 2.27. The number of rotatable bonds is 5. The maximum absolute atomic E-state index is 8.92. The van der Waals surface area contributed by atoms with E-state index in [9.17, 15) is 0 Å². The first-order valence-electron chi connectivity index (χ1n) is 6.08. The second-order valence-corrected chi connectivity index (χ2v) is 4.94. The van der Waals surface area contributed by atoms with E-state index < -0.39 is 0 Å². The first kappa shape index (κ1) is 14.3. The molecule has 0 fully saturated rings. The van der Waals surface area contributed by atoms with Crippen LogP contribution in [-0.4, -0.2) is 17.3 Å². The number of thioether (sulfide) groups is 1. The molecule has 0 atom stereocenters. The standard InChI is InChI=1S/C15H16N2O2S/c1-20-13-9-5-8-12(14(13)15(16)17-18)19-10-11-6-3-2-4-7-11/h2-9,18H,10H2,1H3,(H2,16,17). The maximum Gasteiger partial charge on any atom is 0.174 e. The highest BCUT2D eigenvalue weighted by atomic mass is 32.2. The number of oxime groups is 1. The summed E-state index contributed by atoms with van der Waals surface area (Å²) >= 11 is 1.52. The quantitative estimate of drug-likeness (QED) is 0.292. The molecule has 0 radical (unpaired) electrons. The van der Waals surface area contributed by atoms with Crippen LogP contribution in [0.15, 0.2) is 58.6 Å². The summed E-state index contributed by atoms with van der Waals surface area (Å²) in [5.41, 5.74) is 7.43. The lowest BCUT2D eigenvalue weighted by Gasteiger charge is -2.13. The van der Waals surface area contributed by atoms with Gasteiger partial charge in [-0.3, -0.25) is 0 Å². The first-order chi connectivity index (χ1) is 9.76. The van der Waals surface area contributed by atoms with Gasteiger partial charge in [-0.15, -0.1) is 11.8 Å². The molecule has 20 heavy (non-hydrogen) atoms. The summed E-state index contributed by atoms with van der Waals surface area (Å²) in [5.74, 6) is 0.661. The minimum Gasteiger partial charge on any atom is -0.488 e. The molecule has 0 heterocycles. The van der Waals surface area contributed by atoms with Crippen LogP contribution in [-0.2, 0) is 6.61 Å². The summed E-state index contributed by atoms with van der Waals surface area (Å²) in [5, 5.41) is 12.0. The number of amidine groups is 1. The van der Waals surface area contributed by atoms with E-state index in [0.717, 1.165) is 10.5 Å². The second kappa shape index (κ2) is 6.86. The van der Waals surface area contributed by atoms with Crippen molar-refractivity contribution in [3.05, 3.63) is 59.7 Å². The molecule has 0 aliphatic rings. The third kappa shape index (κ3) is 3.24. The van der Waals surface area contributed by atoms with Crippen molar-refractivity contribution in [1.29, 1.82) is 0 Å². The van der Waals surface area contributed by atoms with Gasteiger partial charge in [0.15, 0.2) is 5.84 Å². The second-order valence-electron chi connectivity index (χ2n) is 4.09. The van der Waals surface area contributed by atoms with E-state index in [2.05, 4.69) is 5.16 Å². The molecule has 2 rings (SSSR count). The molecule has 0 aromatic heterocycles. The Morgan fingerprint density at radius 2 is 1.95 bits per heavy atom. The van der Waals surface area contributed by atoms with Crippen LogP contribution >= 0.6 is 11.8 Å². The summed E-state index contributed by atoms with van der Waals surface area (Å²) in [6.07, 6.45) is 1.93. The lowest BCUT2D eigenvalue weighted by molar-refractivity contribution is 0.302. The Bertz CT molecular complexity index is 600. The molecule has 5 heteroatoms. The number of hydrogen-bond donors (Lipinski definition) is 2. The maximum atomic E-state index is 8.92. The lowest BCUT2D eigenvalue weighted by atomic mass is 10.2. The van der Waals surface area contributed by atoms with Crippen LogP contribution < -0.4 is 10.5 Å². The van der Waals surface area contributed by atoms with Gasteiger partial charge in [-0.05, 0) is 24.0 Å². The van der Waals surface area contributed by atoms with Gasteiger partial charge in [0.05, 0.1) is 5.56 Å². The highest BCUT2D eigenvalue weighted by molar-refractivity contribution is 7.98. The zero-order valence-corrected chi connectivity index (χ0v) is 11.9. The van der Waals surface area contributed by atoms with Crippen LogP contribution in [0.25, 0.3) is 0 Å². The largest absolute Gasteiger partial charge is 0.488 e. The summed E-state index contributed by atoms with van der Waals surface area (Å²) < 4.78 is 5.80. The molecule has 104 valence electrons. The fourth-order valence-electron chi connectivity index (χ4n) is 1.84. The van der Waals surface area contributed by atoms with Crippen molar-refractivity contribution in [3.8, 4) is 5.75 Å². The molecular weight excluding hydrogens is 272 g/mol. The van der Waals surface area contributed by atoms with Crippen LogP contribution in [0.3, 0.4) is 0 Å². The molecule has 0 aliphatic heterocycles. The van der Waals surface area contributed by atoms with Gasteiger partial charge in [-0.1, -0.05) is 41.6 Å². The molecule has 2 aromatic carbocycles. The predicted octanol–water partition coefficient (Wildman–Crippen LogP) is 3.08. The van der Waals surface area contributed by atoms with E-state index in [1.54, 1.807) is 0 Å². The average Bonchev–Trinajstić information content (AvgIpc) is 2.52. The van der Waals surface area contributed by atoms with E-state index in [-0.39, 0.29) is 5.84 Å². The Kier molecular flexibility index (Phi) is 4.90. The van der Waals surface area contributed by atoms with Crippen molar-refractivity contribution in [2.45, 2.75) is 11.5 Å². The predicted molar refractivity (Wildman–Crippen MR) is 81.5 cm³/mol. The molecular formula is C15H16N2O2S. The summed E-state index contributed by atoms with van der Waals surface area (Å²) in [6.45, 7) is 0.435. The molecule has 4 nitrogen and oxygen atoms in total. The van der Waals surface area contributed by atoms with Gasteiger partial charge < -0.3 is 15.7 Å². The molecule has 0 bridgehead atoms. The van der Waals surface area contributed by atoms with Crippen molar-refractivity contribution in [2.75, 3.05) is 6.26 Å². The highest BCUT2D eigenvalue weighted by Crippen LogP contribution is 2.29. The van der Waals surface area contributed by atoms with Crippen molar-refractivity contribution in [3.63, 3.8) is 0 Å². The summed E-state index contributed by atoms with van der Waals surface area (Å²) in [4.78, 5) is 0.908. The molecule has 0 spiro atoms. The Morgan fingerprint density at radius 1 is 1.20 bits per heavy atom. The molecule has 2 aromatic rings. The minimum atomic E-state index is 0.0537. The van der Waals surface area contributed by atoms with Gasteiger partial charge in [-0.2, -0.15) is 0 Å². The third-order valence-electron chi connectivity index (χ3n) is 2.81. The molecule has 0 saturated heterocycles. The van der Waals surface area contributed by atoms with Crippen LogP contribution in [0.2, 0.25) is 0 Å². The molecule has 0 unspecified atom stereocenters. The third-order valence-corrected chi connectivity index (χ3v) is 3.59. The number of benzene rings is 2. The summed E-state index contributed by atoms with van der Waals surface area (Å²) in [6, 6.07) is 15.5. The Morgan fingerprint density at radius 3 is 2.60 bits per heavy atom. The smallest absolute Gasteiger partial charge is 0.174 e. The zero-order chi connectivity index (χ0) is 14.4. The normalized spacial score (nSPS) is 11.3. The van der Waals surface area contributed by atoms with Gasteiger partial charge in [0, 0.05) is 4.90 Å². The van der Waals surface area contributed by atoms with Crippen LogP contribution in [0.4, 0.5) is 0 Å². The van der Waals surface area contributed by atoms with Crippen molar-refractivity contribution >= 4 is 17.6 Å². The van der Waals surface area contributed by atoms with E-state index in [1.807, 2.05) is 54.8 Å². The highest BCUT2D eigenvalue weighted by Gasteiger charge is 2.13. The Labute approximate surface area is 122 Å². The zero-order valence-electron chi connectivity index (χ0n) is 11.1. The van der Waals surface area contributed by atoms with Gasteiger partial charge in [-0.25, -0.2) is 0 Å². The van der Waals surface area contributed by atoms with Gasteiger partial charge >= 0.3 is 0 Å². The van der Waals surface area contributed by atoms with Crippen LogP contribution in [0, 0.1) is 0 Å². The van der Waals surface area contributed by atoms with Crippen molar-refractivity contribution in [1.82, 2.24) is 0 Å². The molecule has 0 aliphatic carbocycles. The number of ether oxygens (including phenoxy) is 1. The van der Waals surface area contributed by atoms with E-state index in [4.69, 9.17) is 15.7 Å². The lowest BCUT2D eigenvalue weighted by Crippen LogP contribution is -2.16. The molecule has 3 N–H and O–H groups in total. The van der Waals surface area contributed by atoms with Crippen LogP contribution in [0.1, 0.15) is 11.1 Å². The fraction of sp³-hybridized carbons (Fsp3) is 0.133. The number of nitrogens with two attached hydrogens (primary N) is 1. The minimum absolute atomic E-state index is 0.0537. The van der Waals surface area contributed by atoms with Gasteiger partial charge in [0.25, 0.3) is 0 Å². The Hall–Kier alpha value is -2.14. The van der Waals surface area contributed by atoms with E-state index >= 15 is 0 Å². The van der Waals surface area contributed by atoms with Gasteiger partial charge in [0.1, 0.15) is 12.4 Å². The van der Waals surface area contributed by atoms with Gasteiger partial charge in [0.2, 0.25) is 0 Å². The monoisotopic (exact) mass is 288 g/mol. The number of nitrogens with zero attached hydrogens (tertiary/aromatic N) is 1. The summed E-state index contributed by atoms with van der Waals surface area (Å²) in [7, 11) is 0.